The molecular formula is C16H7F3N4O2S. The molecule has 0 unspecified atom stereocenters. The number of rotatable bonds is 4. The van der Waals surface area contributed by atoms with Gasteiger partial charge in [-0.3, -0.25) is 10.1 Å². The minimum absolute atomic E-state index is 0.152. The van der Waals surface area contributed by atoms with Crippen LogP contribution >= 0.6 is 11.8 Å². The molecular weight excluding hydrogens is 369 g/mol. The first-order valence-electron chi connectivity index (χ1n) is 6.76. The summed E-state index contributed by atoms with van der Waals surface area (Å²) in [6.07, 6.45) is -2.68. The van der Waals surface area contributed by atoms with Gasteiger partial charge in [0.15, 0.2) is 0 Å². The van der Waals surface area contributed by atoms with Crippen LogP contribution in [0.1, 0.15) is 11.1 Å². The zero-order valence-corrected chi connectivity index (χ0v) is 13.5. The number of nitro groups is 1. The maximum atomic E-state index is 12.5. The molecule has 0 spiro atoms. The van der Waals surface area contributed by atoms with Gasteiger partial charge in [-0.25, -0.2) is 4.98 Å². The van der Waals surface area contributed by atoms with Gasteiger partial charge in [-0.2, -0.15) is 23.7 Å². The van der Waals surface area contributed by atoms with Gasteiger partial charge in [0.2, 0.25) is 0 Å². The predicted octanol–water partition coefficient (Wildman–Crippen LogP) is 4.59. The van der Waals surface area contributed by atoms with Crippen molar-refractivity contribution in [1.29, 1.82) is 10.5 Å². The van der Waals surface area contributed by atoms with Gasteiger partial charge in [0.25, 0.3) is 5.69 Å². The van der Waals surface area contributed by atoms with Gasteiger partial charge in [-0.05, 0) is 29.8 Å². The summed E-state index contributed by atoms with van der Waals surface area (Å²) < 4.78 is 37.6. The van der Waals surface area contributed by atoms with Crippen molar-refractivity contribution in [3.05, 3.63) is 63.3 Å². The maximum absolute atomic E-state index is 12.5. The van der Waals surface area contributed by atoms with Crippen LogP contribution in [0.15, 0.2) is 52.0 Å². The number of hydrogen-bond acceptors (Lipinski definition) is 6. The van der Waals surface area contributed by atoms with Crippen molar-refractivity contribution in [1.82, 2.24) is 4.98 Å². The largest absolute Gasteiger partial charge is 0.417 e. The Bertz CT molecular complexity index is 941. The van der Waals surface area contributed by atoms with E-state index in [4.69, 9.17) is 10.5 Å². The Morgan fingerprint density at radius 2 is 1.92 bits per heavy atom. The Balaban J connectivity index is 2.35. The third kappa shape index (κ3) is 4.59. The van der Waals surface area contributed by atoms with E-state index in [1.54, 1.807) is 12.1 Å². The van der Waals surface area contributed by atoms with Crippen molar-refractivity contribution in [3.8, 4) is 12.1 Å². The highest BCUT2D eigenvalue weighted by atomic mass is 32.2. The number of nitrogens with zero attached hydrogens (tertiary/aromatic N) is 4. The lowest BCUT2D eigenvalue weighted by atomic mass is 10.1. The van der Waals surface area contributed by atoms with Crippen molar-refractivity contribution in [3.63, 3.8) is 0 Å². The number of nitriles is 2. The molecule has 0 amide bonds. The smallest absolute Gasteiger partial charge is 0.258 e. The standard InChI is InChI=1S/C16H7F3N4O2S/c17-16(18,19)12-2-4-15(22-9-12)26-14-3-1-10(5-11(7-20)8-21)6-13(14)23(24)25/h1-6,9H. The van der Waals surface area contributed by atoms with Crippen molar-refractivity contribution in [2.75, 3.05) is 0 Å². The monoisotopic (exact) mass is 376 g/mol. The summed E-state index contributed by atoms with van der Waals surface area (Å²) >= 11 is 0.830. The normalized spacial score (nSPS) is 10.5. The molecule has 6 nitrogen and oxygen atoms in total. The Hall–Kier alpha value is -3.37. The van der Waals surface area contributed by atoms with Gasteiger partial charge in [0.1, 0.15) is 22.7 Å². The molecule has 0 N–H and O–H groups in total. The molecule has 26 heavy (non-hydrogen) atoms. The van der Waals surface area contributed by atoms with E-state index in [2.05, 4.69) is 4.98 Å². The third-order valence-corrected chi connectivity index (χ3v) is 4.03. The lowest BCUT2D eigenvalue weighted by Gasteiger charge is -2.07. The fraction of sp³-hybridized carbons (Fsp3) is 0.0625. The van der Waals surface area contributed by atoms with E-state index >= 15 is 0 Å². The van der Waals surface area contributed by atoms with E-state index < -0.39 is 16.7 Å². The Kier molecular flexibility index (Phi) is 5.60. The highest BCUT2D eigenvalue weighted by Gasteiger charge is 2.30. The molecule has 0 aliphatic rings. The Labute approximate surface area is 149 Å². The number of aromatic nitrogens is 1. The topological polar surface area (TPSA) is 104 Å². The van der Waals surface area contributed by atoms with Crippen LogP contribution in [0.25, 0.3) is 6.08 Å². The third-order valence-electron chi connectivity index (χ3n) is 3.01. The van der Waals surface area contributed by atoms with E-state index in [0.29, 0.717) is 6.20 Å². The number of allylic oxidation sites excluding steroid dienone is 1. The summed E-state index contributed by atoms with van der Waals surface area (Å²) in [6.45, 7) is 0. The number of pyridine rings is 1. The maximum Gasteiger partial charge on any atom is 0.417 e. The Morgan fingerprint density at radius 1 is 1.23 bits per heavy atom. The van der Waals surface area contributed by atoms with E-state index in [1.807, 2.05) is 0 Å². The van der Waals surface area contributed by atoms with E-state index in [0.717, 1.165) is 23.9 Å². The summed E-state index contributed by atoms with van der Waals surface area (Å²) in [4.78, 5) is 14.4. The van der Waals surface area contributed by atoms with Crippen LogP contribution in [0.3, 0.4) is 0 Å². The fourth-order valence-corrected chi connectivity index (χ4v) is 2.67. The second-order valence-corrected chi connectivity index (χ2v) is 5.81. The molecule has 0 radical (unpaired) electrons. The fourth-order valence-electron chi connectivity index (χ4n) is 1.83. The molecule has 2 rings (SSSR count). The minimum atomic E-state index is -4.52. The second kappa shape index (κ2) is 7.68. The average molecular weight is 376 g/mol. The molecule has 0 aliphatic carbocycles. The first-order chi connectivity index (χ1) is 12.2. The molecule has 10 heteroatoms. The van der Waals surface area contributed by atoms with Crippen LogP contribution in [0.4, 0.5) is 18.9 Å². The molecule has 1 heterocycles. The van der Waals surface area contributed by atoms with Crippen molar-refractivity contribution < 1.29 is 18.1 Å². The molecule has 0 saturated carbocycles. The zero-order chi connectivity index (χ0) is 19.3. The van der Waals surface area contributed by atoms with E-state index in [9.17, 15) is 23.3 Å². The van der Waals surface area contributed by atoms with Gasteiger partial charge in [-0.1, -0.05) is 17.8 Å². The number of hydrogen-bond donors (Lipinski definition) is 0. The van der Waals surface area contributed by atoms with Crippen LogP contribution < -0.4 is 0 Å². The van der Waals surface area contributed by atoms with Gasteiger partial charge < -0.3 is 0 Å². The van der Waals surface area contributed by atoms with Gasteiger partial charge in [0, 0.05) is 12.3 Å². The number of alkyl halides is 3. The highest BCUT2D eigenvalue weighted by Crippen LogP contribution is 2.36. The second-order valence-electron chi connectivity index (χ2n) is 4.75. The van der Waals surface area contributed by atoms with Crippen molar-refractivity contribution in [2.24, 2.45) is 0 Å². The van der Waals surface area contributed by atoms with Crippen LogP contribution in [0.5, 0.6) is 0 Å². The summed E-state index contributed by atoms with van der Waals surface area (Å²) in [7, 11) is 0. The van der Waals surface area contributed by atoms with Gasteiger partial charge in [-0.15, -0.1) is 0 Å². The molecule has 0 bridgehead atoms. The molecule has 0 fully saturated rings. The van der Waals surface area contributed by atoms with Gasteiger partial charge in [0.05, 0.1) is 15.4 Å². The quantitative estimate of drug-likeness (QED) is 0.439. The Morgan fingerprint density at radius 3 is 2.42 bits per heavy atom. The molecule has 0 aliphatic heterocycles. The van der Waals surface area contributed by atoms with E-state index in [-0.39, 0.29) is 26.7 Å². The summed E-state index contributed by atoms with van der Waals surface area (Å²) in [5.41, 5.74) is -1.18. The predicted molar refractivity (Wildman–Crippen MR) is 85.7 cm³/mol. The van der Waals surface area contributed by atoms with Gasteiger partial charge >= 0.3 is 6.18 Å². The molecule has 2 aromatic rings. The van der Waals surface area contributed by atoms with Crippen molar-refractivity contribution >= 4 is 23.5 Å². The molecule has 0 saturated heterocycles. The van der Waals surface area contributed by atoms with E-state index in [1.165, 1.54) is 24.3 Å². The minimum Gasteiger partial charge on any atom is -0.258 e. The first-order valence-corrected chi connectivity index (χ1v) is 7.57. The molecule has 130 valence electrons. The lowest BCUT2D eigenvalue weighted by molar-refractivity contribution is -0.387. The van der Waals surface area contributed by atoms with Crippen LogP contribution in [-0.2, 0) is 6.18 Å². The average Bonchev–Trinajstić information content (AvgIpc) is 2.60. The molecule has 0 atom stereocenters. The number of benzene rings is 1. The van der Waals surface area contributed by atoms with Crippen LogP contribution in [0.2, 0.25) is 0 Å². The number of halogens is 3. The number of nitro benzene ring substituents is 1. The lowest BCUT2D eigenvalue weighted by Crippen LogP contribution is -2.05. The first kappa shape index (κ1) is 19.0. The SMILES string of the molecule is N#CC(C#N)=Cc1ccc(Sc2ccc(C(F)(F)F)cn2)c([N+](=O)[O-])c1. The highest BCUT2D eigenvalue weighted by molar-refractivity contribution is 7.99. The summed E-state index contributed by atoms with van der Waals surface area (Å²) in [5.74, 6) is 0. The van der Waals surface area contributed by atoms with Crippen molar-refractivity contribution in [2.45, 2.75) is 16.1 Å². The molecule has 1 aromatic carbocycles. The molecule has 1 aromatic heterocycles. The van der Waals surface area contributed by atoms with Crippen LogP contribution in [0, 0.1) is 32.8 Å². The summed E-state index contributed by atoms with van der Waals surface area (Å²) in [5, 5.41) is 28.9. The van der Waals surface area contributed by atoms with Crippen LogP contribution in [-0.4, -0.2) is 9.91 Å². The zero-order valence-electron chi connectivity index (χ0n) is 12.7. The summed E-state index contributed by atoms with van der Waals surface area (Å²) in [6, 6.07) is 9.24.